The molecule has 1 aliphatic carbocycles. The van der Waals surface area contributed by atoms with E-state index in [4.69, 9.17) is 10.5 Å². The van der Waals surface area contributed by atoms with E-state index in [1.54, 1.807) is 4.90 Å². The summed E-state index contributed by atoms with van der Waals surface area (Å²) in [4.78, 5) is 13.3. The van der Waals surface area contributed by atoms with Crippen LogP contribution in [0.15, 0.2) is 0 Å². The van der Waals surface area contributed by atoms with Crippen molar-refractivity contribution in [2.45, 2.75) is 43.9 Å². The molecule has 1 saturated carbocycles. The van der Waals surface area contributed by atoms with E-state index in [0.29, 0.717) is 0 Å². The Morgan fingerprint density at radius 3 is 2.71 bits per heavy atom. The van der Waals surface area contributed by atoms with Gasteiger partial charge in [0.1, 0.15) is 6.10 Å². The first-order valence-corrected chi connectivity index (χ1v) is 5.33. The molecule has 0 bridgehead atoms. The molecule has 0 aromatic carbocycles. The second-order valence-electron chi connectivity index (χ2n) is 4.37. The van der Waals surface area contributed by atoms with Gasteiger partial charge in [-0.25, -0.2) is 0 Å². The Bertz CT molecular complexity index is 232. The smallest absolute Gasteiger partial charge is 0.251 e. The van der Waals surface area contributed by atoms with Gasteiger partial charge in [0.25, 0.3) is 5.91 Å². The van der Waals surface area contributed by atoms with Crippen molar-refractivity contribution >= 4 is 5.91 Å². The Balaban J connectivity index is 1.83. The number of hydrogen-bond donors (Lipinski definition) is 1. The van der Waals surface area contributed by atoms with Crippen LogP contribution in [0.5, 0.6) is 0 Å². The molecule has 1 saturated heterocycles. The predicted molar refractivity (Wildman–Crippen MR) is 52.7 cm³/mol. The van der Waals surface area contributed by atoms with Crippen LogP contribution >= 0.6 is 0 Å². The molecule has 1 aliphatic heterocycles. The Hall–Kier alpha value is -0.610. The standard InChI is InChI=1S/C10H18N2O2/c1-12-5-4-9(10(12)13)14-8-3-2-7(11)6-8/h7-9H,2-6,11H2,1H3. The van der Waals surface area contributed by atoms with Gasteiger partial charge in [-0.05, 0) is 19.3 Å². The molecular weight excluding hydrogens is 180 g/mol. The normalized spacial score (nSPS) is 38.3. The number of ether oxygens (including phenoxy) is 1. The van der Waals surface area contributed by atoms with Crippen molar-refractivity contribution in [3.63, 3.8) is 0 Å². The lowest BCUT2D eigenvalue weighted by atomic mass is 10.2. The van der Waals surface area contributed by atoms with Crippen molar-refractivity contribution in [3.8, 4) is 0 Å². The minimum absolute atomic E-state index is 0.130. The minimum Gasteiger partial charge on any atom is -0.365 e. The predicted octanol–water partition coefficient (Wildman–Crippen LogP) is 0.113. The lowest BCUT2D eigenvalue weighted by Crippen LogP contribution is -2.30. The highest BCUT2D eigenvalue weighted by atomic mass is 16.5. The van der Waals surface area contributed by atoms with Crippen LogP contribution in [0, 0.1) is 0 Å². The molecule has 0 radical (unpaired) electrons. The molecule has 4 heteroatoms. The zero-order valence-corrected chi connectivity index (χ0v) is 8.61. The Morgan fingerprint density at radius 2 is 2.21 bits per heavy atom. The van der Waals surface area contributed by atoms with Gasteiger partial charge in [-0.15, -0.1) is 0 Å². The van der Waals surface area contributed by atoms with Crippen LogP contribution in [-0.4, -0.2) is 42.6 Å². The number of nitrogens with two attached hydrogens (primary N) is 1. The molecule has 0 aromatic heterocycles. The van der Waals surface area contributed by atoms with E-state index in [1.807, 2.05) is 7.05 Å². The third-order valence-electron chi connectivity index (χ3n) is 3.16. The Labute approximate surface area is 84.4 Å². The van der Waals surface area contributed by atoms with Crippen LogP contribution in [-0.2, 0) is 9.53 Å². The molecule has 2 aliphatic rings. The van der Waals surface area contributed by atoms with Gasteiger partial charge in [-0.3, -0.25) is 4.79 Å². The molecule has 2 rings (SSSR count). The first kappa shape index (κ1) is 9.93. The minimum atomic E-state index is -0.199. The van der Waals surface area contributed by atoms with E-state index in [-0.39, 0.29) is 24.2 Å². The monoisotopic (exact) mass is 198 g/mol. The number of nitrogens with zero attached hydrogens (tertiary/aromatic N) is 1. The molecule has 2 N–H and O–H groups in total. The second-order valence-corrected chi connectivity index (χ2v) is 4.37. The van der Waals surface area contributed by atoms with Gasteiger partial charge >= 0.3 is 0 Å². The molecule has 80 valence electrons. The van der Waals surface area contributed by atoms with E-state index in [2.05, 4.69) is 0 Å². The van der Waals surface area contributed by atoms with E-state index < -0.39 is 0 Å². The highest BCUT2D eigenvalue weighted by Crippen LogP contribution is 2.24. The third-order valence-corrected chi connectivity index (χ3v) is 3.16. The van der Waals surface area contributed by atoms with Gasteiger partial charge in [0.05, 0.1) is 6.10 Å². The van der Waals surface area contributed by atoms with E-state index in [0.717, 1.165) is 32.2 Å². The number of likely N-dealkylation sites (tertiary alicyclic amines) is 1. The average molecular weight is 198 g/mol. The first-order valence-electron chi connectivity index (χ1n) is 5.33. The van der Waals surface area contributed by atoms with E-state index in [1.165, 1.54) is 0 Å². The van der Waals surface area contributed by atoms with Crippen LogP contribution in [0.4, 0.5) is 0 Å². The summed E-state index contributed by atoms with van der Waals surface area (Å²) in [5.74, 6) is 0.130. The first-order chi connectivity index (χ1) is 6.66. The second kappa shape index (κ2) is 3.87. The quantitative estimate of drug-likeness (QED) is 0.685. The van der Waals surface area contributed by atoms with Gasteiger partial charge in [-0.1, -0.05) is 0 Å². The molecular formula is C10H18N2O2. The van der Waals surface area contributed by atoms with Gasteiger partial charge in [0.15, 0.2) is 0 Å². The number of carbonyl (C=O) groups is 1. The molecule has 4 nitrogen and oxygen atoms in total. The van der Waals surface area contributed by atoms with Crippen LogP contribution in [0.2, 0.25) is 0 Å². The lowest BCUT2D eigenvalue weighted by molar-refractivity contribution is -0.139. The summed E-state index contributed by atoms with van der Waals surface area (Å²) >= 11 is 0. The molecule has 1 heterocycles. The summed E-state index contributed by atoms with van der Waals surface area (Å²) in [5, 5.41) is 0. The molecule has 3 unspecified atom stereocenters. The van der Waals surface area contributed by atoms with Crippen LogP contribution in [0.25, 0.3) is 0 Å². The fourth-order valence-electron chi connectivity index (χ4n) is 2.25. The fourth-order valence-corrected chi connectivity index (χ4v) is 2.25. The van der Waals surface area contributed by atoms with Crippen LogP contribution in [0.3, 0.4) is 0 Å². The van der Waals surface area contributed by atoms with Crippen molar-refractivity contribution in [1.82, 2.24) is 4.90 Å². The molecule has 0 spiro atoms. The molecule has 2 fully saturated rings. The zero-order valence-electron chi connectivity index (χ0n) is 8.61. The van der Waals surface area contributed by atoms with Crippen molar-refractivity contribution in [3.05, 3.63) is 0 Å². The van der Waals surface area contributed by atoms with Crippen LogP contribution < -0.4 is 5.73 Å². The summed E-state index contributed by atoms with van der Waals surface area (Å²) in [5.41, 5.74) is 5.79. The highest BCUT2D eigenvalue weighted by molar-refractivity contribution is 5.82. The number of amides is 1. The topological polar surface area (TPSA) is 55.6 Å². The Kier molecular flexibility index (Phi) is 2.74. The van der Waals surface area contributed by atoms with Crippen molar-refractivity contribution < 1.29 is 9.53 Å². The van der Waals surface area contributed by atoms with E-state index >= 15 is 0 Å². The van der Waals surface area contributed by atoms with Crippen molar-refractivity contribution in [1.29, 1.82) is 0 Å². The summed E-state index contributed by atoms with van der Waals surface area (Å²) in [6.07, 6.45) is 3.80. The fraction of sp³-hybridized carbons (Fsp3) is 0.900. The van der Waals surface area contributed by atoms with E-state index in [9.17, 15) is 4.79 Å². The van der Waals surface area contributed by atoms with Gasteiger partial charge in [-0.2, -0.15) is 0 Å². The zero-order chi connectivity index (χ0) is 10.1. The number of carbonyl (C=O) groups excluding carboxylic acids is 1. The summed E-state index contributed by atoms with van der Waals surface area (Å²) in [6.45, 7) is 0.822. The molecule has 14 heavy (non-hydrogen) atoms. The van der Waals surface area contributed by atoms with Crippen molar-refractivity contribution in [2.75, 3.05) is 13.6 Å². The average Bonchev–Trinajstić information content (AvgIpc) is 2.67. The highest BCUT2D eigenvalue weighted by Gasteiger charge is 2.33. The van der Waals surface area contributed by atoms with Crippen LogP contribution in [0.1, 0.15) is 25.7 Å². The lowest BCUT2D eigenvalue weighted by Gasteiger charge is -2.16. The largest absolute Gasteiger partial charge is 0.365 e. The van der Waals surface area contributed by atoms with Crippen molar-refractivity contribution in [2.24, 2.45) is 5.73 Å². The summed E-state index contributed by atoms with van der Waals surface area (Å²) in [6, 6.07) is 0.272. The third kappa shape index (κ3) is 1.91. The maximum atomic E-state index is 11.5. The maximum Gasteiger partial charge on any atom is 0.251 e. The SMILES string of the molecule is CN1CCC(OC2CCC(N)C2)C1=O. The van der Waals surface area contributed by atoms with Gasteiger partial charge in [0.2, 0.25) is 0 Å². The van der Waals surface area contributed by atoms with Gasteiger partial charge in [0, 0.05) is 26.1 Å². The number of rotatable bonds is 2. The molecule has 1 amide bonds. The Morgan fingerprint density at radius 1 is 1.43 bits per heavy atom. The van der Waals surface area contributed by atoms with Gasteiger partial charge < -0.3 is 15.4 Å². The molecule has 0 aromatic rings. The number of likely N-dealkylation sites (N-methyl/N-ethyl adjacent to an activating group) is 1. The summed E-state index contributed by atoms with van der Waals surface area (Å²) in [7, 11) is 1.83. The maximum absolute atomic E-state index is 11.5. The molecule has 3 atom stereocenters. The number of hydrogen-bond acceptors (Lipinski definition) is 3. The summed E-state index contributed by atoms with van der Waals surface area (Å²) < 4.78 is 5.75.